The predicted molar refractivity (Wildman–Crippen MR) is 69.8 cm³/mol. The van der Waals surface area contributed by atoms with Crippen LogP contribution in [0.5, 0.6) is 0 Å². The summed E-state index contributed by atoms with van der Waals surface area (Å²) in [5.41, 5.74) is 1.07. The molecular weight excluding hydrogens is 304 g/mol. The van der Waals surface area contributed by atoms with E-state index in [4.69, 9.17) is 4.18 Å². The highest BCUT2D eigenvalue weighted by molar-refractivity contribution is 9.09. The SMILES string of the molecule is Cc1ccc(S(=O)(=O)OCC2(CBr)CC2)cc1. The van der Waals surface area contributed by atoms with E-state index in [2.05, 4.69) is 15.9 Å². The van der Waals surface area contributed by atoms with Gasteiger partial charge in [-0.3, -0.25) is 4.18 Å². The number of aryl methyl sites for hydroxylation is 1. The zero-order chi connectivity index (χ0) is 12.5. The van der Waals surface area contributed by atoms with Crippen molar-refractivity contribution in [2.45, 2.75) is 24.7 Å². The molecule has 0 atom stereocenters. The first-order valence-electron chi connectivity index (χ1n) is 5.50. The summed E-state index contributed by atoms with van der Waals surface area (Å²) >= 11 is 3.39. The van der Waals surface area contributed by atoms with Crippen molar-refractivity contribution >= 4 is 26.0 Å². The number of halogens is 1. The molecule has 0 radical (unpaired) electrons. The van der Waals surface area contributed by atoms with E-state index in [9.17, 15) is 8.42 Å². The topological polar surface area (TPSA) is 43.4 Å². The Hall–Kier alpha value is -0.390. The quantitative estimate of drug-likeness (QED) is 0.619. The van der Waals surface area contributed by atoms with E-state index >= 15 is 0 Å². The van der Waals surface area contributed by atoms with E-state index in [0.29, 0.717) is 0 Å². The number of hydrogen-bond acceptors (Lipinski definition) is 3. The third-order valence-electron chi connectivity index (χ3n) is 3.07. The minimum absolute atomic E-state index is 0.0395. The number of alkyl halides is 1. The summed E-state index contributed by atoms with van der Waals surface area (Å²) in [4.78, 5) is 0.230. The Morgan fingerprint density at radius 3 is 2.35 bits per heavy atom. The van der Waals surface area contributed by atoms with Crippen molar-refractivity contribution < 1.29 is 12.6 Å². The summed E-state index contributed by atoms with van der Waals surface area (Å²) < 4.78 is 28.9. The molecule has 94 valence electrons. The molecule has 1 aromatic rings. The summed E-state index contributed by atoms with van der Waals surface area (Å²) in [6.45, 7) is 2.19. The molecule has 1 aliphatic rings. The largest absolute Gasteiger partial charge is 0.296 e. The first-order valence-corrected chi connectivity index (χ1v) is 8.03. The molecule has 3 nitrogen and oxygen atoms in total. The van der Waals surface area contributed by atoms with Crippen molar-refractivity contribution in [3.8, 4) is 0 Å². The van der Waals surface area contributed by atoms with Gasteiger partial charge in [0.05, 0.1) is 11.5 Å². The average molecular weight is 319 g/mol. The maximum absolute atomic E-state index is 11.9. The highest BCUT2D eigenvalue weighted by atomic mass is 79.9. The van der Waals surface area contributed by atoms with Gasteiger partial charge >= 0.3 is 0 Å². The summed E-state index contributed by atoms with van der Waals surface area (Å²) in [6, 6.07) is 6.71. The Morgan fingerprint density at radius 1 is 1.29 bits per heavy atom. The van der Waals surface area contributed by atoms with Crippen molar-refractivity contribution in [1.29, 1.82) is 0 Å². The zero-order valence-electron chi connectivity index (χ0n) is 9.65. The number of benzene rings is 1. The fourth-order valence-electron chi connectivity index (χ4n) is 1.47. The first-order chi connectivity index (χ1) is 7.97. The minimum atomic E-state index is -3.60. The summed E-state index contributed by atoms with van der Waals surface area (Å²) in [5, 5.41) is 0.795. The van der Waals surface area contributed by atoms with Gasteiger partial charge in [-0.05, 0) is 31.9 Å². The van der Waals surface area contributed by atoms with Gasteiger partial charge in [0.15, 0.2) is 0 Å². The highest BCUT2D eigenvalue weighted by Gasteiger charge is 2.43. The smallest absolute Gasteiger partial charge is 0.266 e. The minimum Gasteiger partial charge on any atom is -0.266 e. The van der Waals surface area contributed by atoms with Crippen LogP contribution in [0.1, 0.15) is 18.4 Å². The monoisotopic (exact) mass is 318 g/mol. The molecule has 0 bridgehead atoms. The van der Waals surface area contributed by atoms with Crippen molar-refractivity contribution in [3.05, 3.63) is 29.8 Å². The fourth-order valence-corrected chi connectivity index (χ4v) is 3.20. The van der Waals surface area contributed by atoms with Gasteiger partial charge in [-0.15, -0.1) is 0 Å². The van der Waals surface area contributed by atoms with E-state index in [-0.39, 0.29) is 16.9 Å². The van der Waals surface area contributed by atoms with Crippen molar-refractivity contribution in [2.75, 3.05) is 11.9 Å². The van der Waals surface area contributed by atoms with Crippen LogP contribution in [0.4, 0.5) is 0 Å². The van der Waals surface area contributed by atoms with Crippen molar-refractivity contribution in [1.82, 2.24) is 0 Å². The molecule has 2 rings (SSSR count). The Bertz CT molecular complexity index is 489. The Kier molecular flexibility index (Phi) is 3.61. The van der Waals surface area contributed by atoms with E-state index in [1.54, 1.807) is 24.3 Å². The van der Waals surface area contributed by atoms with E-state index < -0.39 is 10.1 Å². The zero-order valence-corrected chi connectivity index (χ0v) is 12.1. The van der Waals surface area contributed by atoms with Crippen LogP contribution in [0.3, 0.4) is 0 Å². The van der Waals surface area contributed by atoms with Gasteiger partial charge in [-0.25, -0.2) is 0 Å². The van der Waals surface area contributed by atoms with Gasteiger partial charge in [-0.2, -0.15) is 8.42 Å². The molecule has 0 aromatic heterocycles. The molecule has 1 aromatic carbocycles. The van der Waals surface area contributed by atoms with Crippen LogP contribution < -0.4 is 0 Å². The lowest BCUT2D eigenvalue weighted by atomic mass is 10.2. The van der Waals surface area contributed by atoms with Gasteiger partial charge in [0.2, 0.25) is 0 Å². The van der Waals surface area contributed by atoms with E-state index in [1.165, 1.54) is 0 Å². The lowest BCUT2D eigenvalue weighted by Gasteiger charge is -2.12. The van der Waals surface area contributed by atoms with Crippen LogP contribution in [-0.2, 0) is 14.3 Å². The molecule has 0 amide bonds. The van der Waals surface area contributed by atoms with Crippen LogP contribution in [0.15, 0.2) is 29.2 Å². The van der Waals surface area contributed by atoms with E-state index in [1.807, 2.05) is 6.92 Å². The second-order valence-electron chi connectivity index (χ2n) is 4.66. The molecule has 1 saturated carbocycles. The molecule has 0 aliphatic heterocycles. The average Bonchev–Trinajstić information content (AvgIpc) is 3.08. The molecule has 0 N–H and O–H groups in total. The number of hydrogen-bond donors (Lipinski definition) is 0. The van der Waals surface area contributed by atoms with E-state index in [0.717, 1.165) is 23.7 Å². The molecule has 17 heavy (non-hydrogen) atoms. The third kappa shape index (κ3) is 3.09. The van der Waals surface area contributed by atoms with Crippen LogP contribution >= 0.6 is 15.9 Å². The van der Waals surface area contributed by atoms with Crippen LogP contribution in [-0.4, -0.2) is 20.4 Å². The molecule has 1 aliphatic carbocycles. The Morgan fingerprint density at radius 2 is 1.88 bits per heavy atom. The maximum Gasteiger partial charge on any atom is 0.296 e. The molecule has 1 fully saturated rings. The van der Waals surface area contributed by atoms with Crippen molar-refractivity contribution in [2.24, 2.45) is 5.41 Å². The summed E-state index contributed by atoms with van der Waals surface area (Å²) in [7, 11) is -3.60. The molecule has 0 saturated heterocycles. The molecule has 0 spiro atoms. The van der Waals surface area contributed by atoms with Gasteiger partial charge in [0.1, 0.15) is 0 Å². The molecular formula is C12H15BrO3S. The standard InChI is InChI=1S/C12H15BrO3S/c1-10-2-4-11(5-3-10)17(14,15)16-9-12(8-13)6-7-12/h2-5H,6-9H2,1H3. The third-order valence-corrected chi connectivity index (χ3v) is 5.54. The summed E-state index contributed by atoms with van der Waals surface area (Å²) in [5.74, 6) is 0. The lowest BCUT2D eigenvalue weighted by Crippen LogP contribution is -2.16. The second kappa shape index (κ2) is 4.71. The highest BCUT2D eigenvalue weighted by Crippen LogP contribution is 2.47. The van der Waals surface area contributed by atoms with Gasteiger partial charge in [-0.1, -0.05) is 33.6 Å². The Labute approximate surface area is 110 Å². The molecule has 0 heterocycles. The van der Waals surface area contributed by atoms with Crippen LogP contribution in [0.25, 0.3) is 0 Å². The molecule has 0 unspecified atom stereocenters. The number of rotatable bonds is 5. The van der Waals surface area contributed by atoms with Crippen molar-refractivity contribution in [3.63, 3.8) is 0 Å². The predicted octanol–water partition coefficient (Wildman–Crippen LogP) is 2.88. The van der Waals surface area contributed by atoms with Crippen LogP contribution in [0.2, 0.25) is 0 Å². The first kappa shape index (κ1) is 13.1. The summed E-state index contributed by atoms with van der Waals surface area (Å²) in [6.07, 6.45) is 2.06. The van der Waals surface area contributed by atoms with Gasteiger partial charge < -0.3 is 0 Å². The normalized spacial score (nSPS) is 18.0. The Balaban J connectivity index is 2.06. The lowest BCUT2D eigenvalue weighted by molar-refractivity contribution is 0.256. The second-order valence-corrected chi connectivity index (χ2v) is 6.84. The van der Waals surface area contributed by atoms with Crippen LogP contribution in [0, 0.1) is 12.3 Å². The fraction of sp³-hybridized carbons (Fsp3) is 0.500. The van der Waals surface area contributed by atoms with Gasteiger partial charge in [0.25, 0.3) is 10.1 Å². The maximum atomic E-state index is 11.9. The van der Waals surface area contributed by atoms with Gasteiger partial charge in [0, 0.05) is 10.7 Å². The molecule has 5 heteroatoms.